The van der Waals surface area contributed by atoms with Crippen LogP contribution in [0.2, 0.25) is 0 Å². The molecule has 0 N–H and O–H groups in total. The van der Waals surface area contributed by atoms with E-state index in [9.17, 15) is 0 Å². The molecule has 0 bridgehead atoms. The fourth-order valence-corrected chi connectivity index (χ4v) is 1.07. The Bertz CT molecular complexity index is 287. The fourth-order valence-electron chi connectivity index (χ4n) is 0.520. The van der Waals surface area contributed by atoms with Gasteiger partial charge in [-0.05, 0) is 5.21 Å². The van der Waals surface area contributed by atoms with Crippen molar-refractivity contribution >= 4 is 21.7 Å². The first-order chi connectivity index (χ1) is 4.47. The second-order valence-electron chi connectivity index (χ2n) is 1.41. The van der Waals surface area contributed by atoms with Gasteiger partial charge in [-0.25, -0.2) is 4.98 Å². The van der Waals surface area contributed by atoms with Gasteiger partial charge in [0.1, 0.15) is 10.9 Å². The molecule has 0 aliphatic carbocycles. The number of nitrogens with zero attached hydrogens (tertiary/aromatic N) is 4. The number of hydrogen-bond acceptors (Lipinski definition) is 5. The average molecular weight is 137 g/mol. The van der Waals surface area contributed by atoms with Crippen molar-refractivity contribution in [2.75, 3.05) is 0 Å². The molecule has 0 spiro atoms. The van der Waals surface area contributed by atoms with Crippen LogP contribution in [0.1, 0.15) is 0 Å². The smallest absolute Gasteiger partial charge is 0.196 e. The van der Waals surface area contributed by atoms with E-state index in [-0.39, 0.29) is 0 Å². The van der Waals surface area contributed by atoms with Crippen LogP contribution in [0.15, 0.2) is 5.51 Å². The van der Waals surface area contributed by atoms with Crippen LogP contribution >= 0.6 is 11.3 Å². The first-order valence-electron chi connectivity index (χ1n) is 2.27. The molecular formula is C4HN4S. The van der Waals surface area contributed by atoms with Gasteiger partial charge in [-0.15, -0.1) is 21.5 Å². The zero-order valence-corrected chi connectivity index (χ0v) is 5.09. The number of thiazole rings is 1. The van der Waals surface area contributed by atoms with E-state index < -0.39 is 0 Å². The summed E-state index contributed by atoms with van der Waals surface area (Å²) >= 11 is 1.46. The molecule has 0 aromatic carbocycles. The molecule has 0 aliphatic heterocycles. The molecule has 0 amide bonds. The summed E-state index contributed by atoms with van der Waals surface area (Å²) in [5.41, 5.74) is 2.31. The molecule has 0 atom stereocenters. The van der Waals surface area contributed by atoms with Gasteiger partial charge in [0, 0.05) is 0 Å². The van der Waals surface area contributed by atoms with Crippen molar-refractivity contribution in [1.29, 1.82) is 0 Å². The molecule has 2 aromatic rings. The maximum atomic E-state index is 3.89. The van der Waals surface area contributed by atoms with Crippen molar-refractivity contribution in [1.82, 2.24) is 20.4 Å². The fraction of sp³-hybridized carbons (Fsp3) is 0. The third-order valence-corrected chi connectivity index (χ3v) is 1.60. The predicted octanol–water partition coefficient (Wildman–Crippen LogP) is 0.281. The Balaban J connectivity index is 2.95. The molecule has 2 rings (SSSR count). The highest BCUT2D eigenvalue weighted by Gasteiger charge is 1.94. The topological polar surface area (TPSA) is 51.6 Å². The molecule has 9 heavy (non-hydrogen) atoms. The maximum absolute atomic E-state index is 3.89. The Morgan fingerprint density at radius 2 is 2.56 bits per heavy atom. The van der Waals surface area contributed by atoms with Gasteiger partial charge in [0.2, 0.25) is 0 Å². The van der Waals surface area contributed by atoms with Crippen molar-refractivity contribution in [3.63, 3.8) is 0 Å². The number of rotatable bonds is 0. The van der Waals surface area contributed by atoms with E-state index in [1.807, 2.05) is 0 Å². The number of fused-ring (bicyclic) bond motifs is 1. The van der Waals surface area contributed by atoms with Crippen molar-refractivity contribution in [3.8, 4) is 0 Å². The van der Waals surface area contributed by atoms with Crippen LogP contribution in [-0.2, 0) is 0 Å². The predicted molar refractivity (Wildman–Crippen MR) is 31.8 cm³/mol. The van der Waals surface area contributed by atoms with E-state index in [4.69, 9.17) is 0 Å². The summed E-state index contributed by atoms with van der Waals surface area (Å²) < 4.78 is 0.852. The molecule has 0 saturated carbocycles. The van der Waals surface area contributed by atoms with Gasteiger partial charge < -0.3 is 0 Å². The van der Waals surface area contributed by atoms with E-state index in [1.54, 1.807) is 5.51 Å². The highest BCUT2D eigenvalue weighted by Crippen LogP contribution is 2.10. The van der Waals surface area contributed by atoms with Crippen LogP contribution < -0.4 is 0 Å². The van der Waals surface area contributed by atoms with Gasteiger partial charge >= 0.3 is 0 Å². The molecule has 0 aliphatic rings. The van der Waals surface area contributed by atoms with Gasteiger partial charge in [0.15, 0.2) is 5.65 Å². The van der Waals surface area contributed by atoms with E-state index >= 15 is 0 Å². The molecular weight excluding hydrogens is 136 g/mol. The average Bonchev–Trinajstić information content (AvgIpc) is 2.33. The van der Waals surface area contributed by atoms with Gasteiger partial charge in [-0.1, -0.05) is 0 Å². The SMILES string of the molecule is [c]1nnnc2ncsc12. The lowest BCUT2D eigenvalue weighted by atomic mass is 10.7. The van der Waals surface area contributed by atoms with Crippen LogP contribution in [0.3, 0.4) is 0 Å². The minimum atomic E-state index is 0.620. The van der Waals surface area contributed by atoms with Crippen LogP contribution in [0, 0.1) is 6.20 Å². The summed E-state index contributed by atoms with van der Waals surface area (Å²) in [5.74, 6) is 0. The van der Waals surface area contributed by atoms with Crippen LogP contribution in [-0.4, -0.2) is 20.4 Å². The van der Waals surface area contributed by atoms with Crippen molar-refractivity contribution in [3.05, 3.63) is 11.7 Å². The maximum Gasteiger partial charge on any atom is 0.196 e. The standard InChI is InChI=1S/C4HN4S/c1-3-4(5-2-9-3)7-8-6-1/h2H. The lowest BCUT2D eigenvalue weighted by Crippen LogP contribution is -1.84. The third kappa shape index (κ3) is 0.655. The van der Waals surface area contributed by atoms with E-state index in [0.717, 1.165) is 4.70 Å². The second kappa shape index (κ2) is 1.70. The van der Waals surface area contributed by atoms with Gasteiger partial charge in [-0.3, -0.25) is 0 Å². The minimum absolute atomic E-state index is 0.620. The normalized spacial score (nSPS) is 10.2. The van der Waals surface area contributed by atoms with Crippen LogP contribution in [0.25, 0.3) is 10.3 Å². The van der Waals surface area contributed by atoms with Gasteiger partial charge in [0.05, 0.1) is 5.51 Å². The molecule has 2 aromatic heterocycles. The van der Waals surface area contributed by atoms with E-state index in [1.165, 1.54) is 11.3 Å². The monoisotopic (exact) mass is 137 g/mol. The van der Waals surface area contributed by atoms with Crippen LogP contribution in [0.5, 0.6) is 0 Å². The molecule has 43 valence electrons. The zero-order valence-electron chi connectivity index (χ0n) is 4.27. The second-order valence-corrected chi connectivity index (χ2v) is 2.26. The summed E-state index contributed by atoms with van der Waals surface area (Å²) in [5, 5.41) is 10.5. The highest BCUT2D eigenvalue weighted by molar-refractivity contribution is 7.16. The van der Waals surface area contributed by atoms with Crippen LogP contribution in [0.4, 0.5) is 0 Å². The molecule has 1 radical (unpaired) electrons. The Morgan fingerprint density at radius 1 is 1.56 bits per heavy atom. The van der Waals surface area contributed by atoms with Crippen molar-refractivity contribution < 1.29 is 0 Å². The van der Waals surface area contributed by atoms with E-state index in [0.29, 0.717) is 5.65 Å². The molecule has 2 heterocycles. The van der Waals surface area contributed by atoms with E-state index in [2.05, 4.69) is 26.6 Å². The Kier molecular flexibility index (Phi) is 0.895. The van der Waals surface area contributed by atoms with Gasteiger partial charge in [-0.2, -0.15) is 0 Å². The van der Waals surface area contributed by atoms with Gasteiger partial charge in [0.25, 0.3) is 0 Å². The largest absolute Gasteiger partial charge is 0.223 e. The lowest BCUT2D eigenvalue weighted by Gasteiger charge is -1.76. The summed E-state index contributed by atoms with van der Waals surface area (Å²) in [6, 6.07) is 0. The third-order valence-electron chi connectivity index (χ3n) is 0.884. The molecule has 4 nitrogen and oxygen atoms in total. The Hall–Kier alpha value is -1.10. The van der Waals surface area contributed by atoms with Crippen molar-refractivity contribution in [2.45, 2.75) is 0 Å². The van der Waals surface area contributed by atoms with Crippen molar-refractivity contribution in [2.24, 2.45) is 0 Å². The summed E-state index contributed by atoms with van der Waals surface area (Å²) in [7, 11) is 0. The molecule has 5 heteroatoms. The first-order valence-corrected chi connectivity index (χ1v) is 3.15. The summed E-state index contributed by atoms with van der Waals surface area (Å²) in [6.07, 6.45) is 2.66. The zero-order chi connectivity index (χ0) is 6.10. The minimum Gasteiger partial charge on any atom is -0.223 e. The molecule has 0 fully saturated rings. The molecule has 0 saturated heterocycles. The lowest BCUT2D eigenvalue weighted by molar-refractivity contribution is 0.885. The first kappa shape index (κ1) is 4.75. The number of aromatic nitrogens is 4. The number of hydrogen-bond donors (Lipinski definition) is 0. The Morgan fingerprint density at radius 3 is 3.44 bits per heavy atom. The molecule has 0 unspecified atom stereocenters. The Labute approximate surface area is 54.6 Å². The summed E-state index contributed by atoms with van der Waals surface area (Å²) in [4.78, 5) is 3.89. The quantitative estimate of drug-likeness (QED) is 0.523. The summed E-state index contributed by atoms with van der Waals surface area (Å²) in [6.45, 7) is 0. The highest BCUT2D eigenvalue weighted by atomic mass is 32.1.